The number of rotatable bonds is 7. The van der Waals surface area contributed by atoms with Gasteiger partial charge >= 0.3 is 0 Å². The molecule has 2 aromatic carbocycles. The summed E-state index contributed by atoms with van der Waals surface area (Å²) in [5, 5.41) is 15.8. The van der Waals surface area contributed by atoms with Crippen LogP contribution in [0.4, 0.5) is 11.6 Å². The van der Waals surface area contributed by atoms with Crippen molar-refractivity contribution < 1.29 is 14.3 Å². The third-order valence-electron chi connectivity index (χ3n) is 5.42. The lowest BCUT2D eigenvalue weighted by Crippen LogP contribution is -2.30. The number of aliphatic hydroxyl groups is 1. The fourth-order valence-electron chi connectivity index (χ4n) is 3.64. The number of carbonyl (C=O) groups excluding carboxylic acids is 1. The van der Waals surface area contributed by atoms with Gasteiger partial charge in [0.05, 0.1) is 18.2 Å². The Bertz CT molecular complexity index is 1440. The first kappa shape index (κ1) is 21.4. The summed E-state index contributed by atoms with van der Waals surface area (Å²) in [4.78, 5) is 26.0. The van der Waals surface area contributed by atoms with Crippen molar-refractivity contribution in [3.63, 3.8) is 0 Å². The summed E-state index contributed by atoms with van der Waals surface area (Å²) in [5.74, 6) is 0.765. The van der Waals surface area contributed by atoms with E-state index in [1.807, 2.05) is 55.5 Å². The van der Waals surface area contributed by atoms with Crippen LogP contribution in [0.5, 0.6) is 0 Å². The Morgan fingerprint density at radius 1 is 1.15 bits per heavy atom. The second-order valence-corrected chi connectivity index (χ2v) is 7.79. The molecular weight excluding hydrogens is 432 g/mol. The van der Waals surface area contributed by atoms with Crippen LogP contribution in [0.25, 0.3) is 16.9 Å². The highest BCUT2D eigenvalue weighted by Gasteiger charge is 2.17. The van der Waals surface area contributed by atoms with Gasteiger partial charge in [0.25, 0.3) is 5.91 Å². The number of nitrogens with zero attached hydrogens (tertiary/aromatic N) is 4. The van der Waals surface area contributed by atoms with Gasteiger partial charge in [-0.25, -0.2) is 9.97 Å². The molecule has 0 aliphatic heterocycles. The second-order valence-electron chi connectivity index (χ2n) is 7.79. The summed E-state index contributed by atoms with van der Waals surface area (Å²) >= 11 is 0. The monoisotopic (exact) mass is 454 g/mol. The molecule has 1 atom stereocenters. The summed E-state index contributed by atoms with van der Waals surface area (Å²) in [7, 11) is 0. The van der Waals surface area contributed by atoms with Crippen LogP contribution in [0.15, 0.2) is 84.0 Å². The number of aliphatic hydroxyl groups excluding tert-OH is 1. The molecule has 3 heterocycles. The van der Waals surface area contributed by atoms with Gasteiger partial charge in [0.15, 0.2) is 12.0 Å². The van der Waals surface area contributed by atoms with E-state index in [2.05, 4.69) is 25.6 Å². The number of oxazole rings is 1. The van der Waals surface area contributed by atoms with Crippen LogP contribution < -0.4 is 10.6 Å². The maximum absolute atomic E-state index is 12.8. The molecule has 170 valence electrons. The number of carbonyl (C=O) groups is 1. The Morgan fingerprint density at radius 3 is 2.82 bits per heavy atom. The topological polar surface area (TPSA) is 118 Å². The molecule has 5 rings (SSSR count). The first-order valence-electron chi connectivity index (χ1n) is 10.7. The molecule has 9 nitrogen and oxygen atoms in total. The Hall–Kier alpha value is -4.50. The number of amides is 1. The molecule has 0 saturated carbocycles. The van der Waals surface area contributed by atoms with E-state index >= 15 is 0 Å². The molecule has 0 spiro atoms. The van der Waals surface area contributed by atoms with Crippen LogP contribution in [-0.2, 0) is 0 Å². The van der Waals surface area contributed by atoms with Crippen molar-refractivity contribution in [1.82, 2.24) is 24.8 Å². The van der Waals surface area contributed by atoms with Crippen LogP contribution >= 0.6 is 0 Å². The van der Waals surface area contributed by atoms with E-state index in [9.17, 15) is 9.90 Å². The fourth-order valence-corrected chi connectivity index (χ4v) is 3.64. The number of anilines is 2. The molecule has 9 heteroatoms. The Balaban J connectivity index is 1.35. The minimum absolute atomic E-state index is 0.198. The smallest absolute Gasteiger partial charge is 0.253 e. The van der Waals surface area contributed by atoms with Gasteiger partial charge in [-0.05, 0) is 36.8 Å². The lowest BCUT2D eigenvalue weighted by atomic mass is 10.1. The molecule has 3 N–H and O–H groups in total. The molecule has 0 bridgehead atoms. The highest BCUT2D eigenvalue weighted by Crippen LogP contribution is 2.22. The van der Waals surface area contributed by atoms with E-state index in [1.54, 1.807) is 29.2 Å². The first-order chi connectivity index (χ1) is 16.6. The second kappa shape index (κ2) is 9.16. The van der Waals surface area contributed by atoms with Crippen LogP contribution in [0, 0.1) is 6.92 Å². The van der Waals surface area contributed by atoms with E-state index in [-0.39, 0.29) is 12.5 Å². The van der Waals surface area contributed by atoms with Gasteiger partial charge in [-0.3, -0.25) is 4.79 Å². The Labute approximate surface area is 195 Å². The lowest BCUT2D eigenvalue weighted by molar-refractivity contribution is 0.0916. The van der Waals surface area contributed by atoms with Crippen LogP contribution in [0.3, 0.4) is 0 Å². The average Bonchev–Trinajstić information content (AvgIpc) is 3.54. The molecule has 3 aromatic heterocycles. The molecule has 0 radical (unpaired) electrons. The number of benzene rings is 2. The summed E-state index contributed by atoms with van der Waals surface area (Å²) in [5.41, 5.74) is 4.35. The molecule has 1 unspecified atom stereocenters. The average molecular weight is 454 g/mol. The fraction of sp³-hybridized carbons (Fsp3) is 0.120. The zero-order valence-corrected chi connectivity index (χ0v) is 18.3. The van der Waals surface area contributed by atoms with Gasteiger partial charge in [-0.15, -0.1) is 0 Å². The molecule has 0 aliphatic carbocycles. The van der Waals surface area contributed by atoms with Crippen molar-refractivity contribution in [2.45, 2.75) is 13.0 Å². The van der Waals surface area contributed by atoms with Gasteiger partial charge in [0.1, 0.15) is 11.3 Å². The number of hydrogen-bond donors (Lipinski definition) is 3. The minimum Gasteiger partial charge on any atom is -0.443 e. The quantitative estimate of drug-likeness (QED) is 0.341. The molecule has 0 aliphatic rings. The van der Waals surface area contributed by atoms with Gasteiger partial charge in [0.2, 0.25) is 5.95 Å². The normalized spacial score (nSPS) is 11.9. The van der Waals surface area contributed by atoms with Crippen LogP contribution in [0.1, 0.15) is 27.5 Å². The molecular formula is C25H22N6O3. The number of nitrogens with one attached hydrogen (secondary N) is 2. The van der Waals surface area contributed by atoms with Crippen molar-refractivity contribution in [2.24, 2.45) is 0 Å². The van der Waals surface area contributed by atoms with Crippen LogP contribution in [0.2, 0.25) is 0 Å². The van der Waals surface area contributed by atoms with Crippen molar-refractivity contribution in [2.75, 3.05) is 11.9 Å². The molecule has 1 amide bonds. The molecule has 34 heavy (non-hydrogen) atoms. The number of aromatic nitrogens is 4. The summed E-state index contributed by atoms with van der Waals surface area (Å²) < 4.78 is 7.05. The largest absolute Gasteiger partial charge is 0.443 e. The first-order valence-corrected chi connectivity index (χ1v) is 10.7. The number of hydrogen-bond acceptors (Lipinski definition) is 7. The number of aryl methyl sites for hydroxylation is 1. The van der Waals surface area contributed by atoms with E-state index in [0.717, 1.165) is 22.3 Å². The van der Waals surface area contributed by atoms with E-state index < -0.39 is 6.04 Å². The molecule has 0 saturated heterocycles. The molecule has 5 aromatic rings. The maximum atomic E-state index is 12.8. The number of fused-ring (bicyclic) bond motifs is 1. The molecule has 0 fully saturated rings. The highest BCUT2D eigenvalue weighted by molar-refractivity contribution is 5.94. The SMILES string of the molecule is Cc1cnc(Nc2ccc3ocnc3c2)nc1-n1ccc(C(=O)NC(CO)c2ccccc2)c1. The van der Waals surface area contributed by atoms with Crippen molar-refractivity contribution >= 4 is 28.6 Å². The van der Waals surface area contributed by atoms with Crippen molar-refractivity contribution in [3.8, 4) is 5.82 Å². The van der Waals surface area contributed by atoms with Gasteiger partial charge < -0.3 is 24.7 Å². The van der Waals surface area contributed by atoms with Gasteiger partial charge in [-0.1, -0.05) is 30.3 Å². The van der Waals surface area contributed by atoms with Crippen LogP contribution in [-0.4, -0.2) is 37.1 Å². The predicted molar refractivity (Wildman–Crippen MR) is 127 cm³/mol. The summed E-state index contributed by atoms with van der Waals surface area (Å²) in [6, 6.07) is 16.1. The van der Waals surface area contributed by atoms with E-state index in [1.165, 1.54) is 6.39 Å². The van der Waals surface area contributed by atoms with Gasteiger partial charge in [-0.2, -0.15) is 4.98 Å². The van der Waals surface area contributed by atoms with Gasteiger partial charge in [0, 0.05) is 29.8 Å². The van der Waals surface area contributed by atoms with Crippen molar-refractivity contribution in [3.05, 3.63) is 96.3 Å². The zero-order chi connectivity index (χ0) is 23.5. The third kappa shape index (κ3) is 4.37. The summed E-state index contributed by atoms with van der Waals surface area (Å²) in [6.07, 6.45) is 6.59. The predicted octanol–water partition coefficient (Wildman–Crippen LogP) is 3.92. The highest BCUT2D eigenvalue weighted by atomic mass is 16.3. The Morgan fingerprint density at radius 2 is 2.00 bits per heavy atom. The van der Waals surface area contributed by atoms with E-state index in [0.29, 0.717) is 22.9 Å². The minimum atomic E-state index is -0.490. The standard InChI is InChI=1S/C25H22N6O3/c1-16-12-26-25(28-19-7-8-22-20(11-19)27-15-34-22)30-23(16)31-10-9-18(13-31)24(33)29-21(14-32)17-5-3-2-4-6-17/h2-13,15,21,32H,14H2,1H3,(H,29,33)(H,26,28,30). The Kier molecular flexibility index (Phi) is 5.75. The maximum Gasteiger partial charge on any atom is 0.253 e. The van der Waals surface area contributed by atoms with E-state index in [4.69, 9.17) is 4.42 Å². The lowest BCUT2D eigenvalue weighted by Gasteiger charge is -2.16. The third-order valence-corrected chi connectivity index (χ3v) is 5.42. The summed E-state index contributed by atoms with van der Waals surface area (Å²) in [6.45, 7) is 1.70. The van der Waals surface area contributed by atoms with Crippen molar-refractivity contribution in [1.29, 1.82) is 0 Å². The zero-order valence-electron chi connectivity index (χ0n) is 18.3.